The van der Waals surface area contributed by atoms with Crippen molar-refractivity contribution in [3.05, 3.63) is 10.6 Å². The maximum atomic E-state index is 12.7. The molecule has 0 aliphatic carbocycles. The molecule has 0 amide bonds. The van der Waals surface area contributed by atoms with Gasteiger partial charge in [0.25, 0.3) is 0 Å². The molecule has 1 aliphatic heterocycles. The normalized spacial score (nSPS) is 18.8. The summed E-state index contributed by atoms with van der Waals surface area (Å²) in [7, 11) is 0. The Bertz CT molecular complexity index is 493. The fraction of sp³-hybridized carbons (Fsp3) is 0.714. The van der Waals surface area contributed by atoms with E-state index in [0.717, 1.165) is 18.4 Å². The zero-order valence-electron chi connectivity index (χ0n) is 12.1. The summed E-state index contributed by atoms with van der Waals surface area (Å²) in [5, 5.41) is 0.674. The molecule has 1 saturated heterocycles. The molecule has 0 bridgehead atoms. The van der Waals surface area contributed by atoms with E-state index in [2.05, 4.69) is 4.98 Å². The summed E-state index contributed by atoms with van der Waals surface area (Å²) in [6.07, 6.45) is -2.24. The van der Waals surface area contributed by atoms with Crippen LogP contribution in [0.1, 0.15) is 54.4 Å². The quantitative estimate of drug-likeness (QED) is 0.778. The van der Waals surface area contributed by atoms with Crippen molar-refractivity contribution in [2.24, 2.45) is 5.92 Å². The molecule has 7 heteroatoms. The molecule has 1 atom stereocenters. The Morgan fingerprint density at radius 2 is 2.05 bits per heavy atom. The second-order valence-electron chi connectivity index (χ2n) is 5.48. The molecule has 1 fully saturated rings. The van der Waals surface area contributed by atoms with Gasteiger partial charge < -0.3 is 4.90 Å². The number of thiazole rings is 1. The van der Waals surface area contributed by atoms with Crippen LogP contribution in [-0.2, 0) is 0 Å². The predicted octanol–water partition coefficient (Wildman–Crippen LogP) is 4.25. The number of anilines is 1. The van der Waals surface area contributed by atoms with Gasteiger partial charge in [-0.1, -0.05) is 25.2 Å². The van der Waals surface area contributed by atoms with Crippen molar-refractivity contribution in [1.82, 2.24) is 4.98 Å². The average molecular weight is 320 g/mol. The van der Waals surface area contributed by atoms with Gasteiger partial charge in [0.1, 0.15) is 0 Å². The van der Waals surface area contributed by atoms with Crippen LogP contribution < -0.4 is 4.90 Å². The molecule has 0 spiro atoms. The minimum absolute atomic E-state index is 0.0954. The van der Waals surface area contributed by atoms with Crippen LogP contribution >= 0.6 is 11.3 Å². The van der Waals surface area contributed by atoms with Crippen LogP contribution in [0.4, 0.5) is 18.3 Å². The maximum Gasteiger partial charge on any atom is 0.391 e. The molecule has 0 radical (unpaired) electrons. The Balaban J connectivity index is 2.10. The van der Waals surface area contributed by atoms with Gasteiger partial charge in [-0.05, 0) is 25.2 Å². The van der Waals surface area contributed by atoms with E-state index in [1.54, 1.807) is 0 Å². The largest absolute Gasteiger partial charge is 0.391 e. The van der Waals surface area contributed by atoms with Crippen LogP contribution in [0.25, 0.3) is 0 Å². The SMILES string of the molecule is CCC(C)c1nc(N2CCC(C(F)(F)F)CC2)sc1C=O. The summed E-state index contributed by atoms with van der Waals surface area (Å²) in [6.45, 7) is 4.71. The lowest BCUT2D eigenvalue weighted by molar-refractivity contribution is -0.179. The lowest BCUT2D eigenvalue weighted by Crippen LogP contribution is -2.39. The molecule has 0 saturated carbocycles. The highest BCUT2D eigenvalue weighted by molar-refractivity contribution is 7.17. The van der Waals surface area contributed by atoms with Gasteiger partial charge in [-0.2, -0.15) is 13.2 Å². The van der Waals surface area contributed by atoms with Crippen LogP contribution in [0.15, 0.2) is 0 Å². The Hall–Kier alpha value is -1.11. The van der Waals surface area contributed by atoms with E-state index in [-0.39, 0.29) is 18.8 Å². The monoisotopic (exact) mass is 320 g/mol. The average Bonchev–Trinajstić information content (AvgIpc) is 2.90. The van der Waals surface area contributed by atoms with E-state index in [0.29, 0.717) is 23.1 Å². The number of alkyl halides is 3. The summed E-state index contributed by atoms with van der Waals surface area (Å²) in [4.78, 5) is 18.1. The third-order valence-corrected chi connectivity index (χ3v) is 5.14. The molecule has 1 aliphatic rings. The number of carbonyl (C=O) groups excluding carboxylic acids is 1. The molecule has 0 N–H and O–H groups in total. The number of hydrogen-bond donors (Lipinski definition) is 0. The molecule has 118 valence electrons. The lowest BCUT2D eigenvalue weighted by Gasteiger charge is -2.32. The second kappa shape index (κ2) is 6.34. The fourth-order valence-corrected chi connectivity index (χ4v) is 3.55. The number of nitrogens with zero attached hydrogens (tertiary/aromatic N) is 2. The number of carbonyl (C=O) groups is 1. The number of hydrogen-bond acceptors (Lipinski definition) is 4. The number of piperidine rings is 1. The first-order chi connectivity index (χ1) is 9.86. The molecule has 21 heavy (non-hydrogen) atoms. The molecule has 1 unspecified atom stereocenters. The predicted molar refractivity (Wildman–Crippen MR) is 77.2 cm³/mol. The molecule has 1 aromatic rings. The Morgan fingerprint density at radius 1 is 1.43 bits per heavy atom. The van der Waals surface area contributed by atoms with E-state index in [4.69, 9.17) is 0 Å². The van der Waals surface area contributed by atoms with E-state index in [9.17, 15) is 18.0 Å². The minimum atomic E-state index is -4.11. The highest BCUT2D eigenvalue weighted by Gasteiger charge is 2.41. The van der Waals surface area contributed by atoms with Gasteiger partial charge in [0.05, 0.1) is 16.5 Å². The van der Waals surface area contributed by atoms with Gasteiger partial charge in [0.15, 0.2) is 11.4 Å². The molecule has 1 aromatic heterocycles. The van der Waals surface area contributed by atoms with Crippen molar-refractivity contribution in [2.75, 3.05) is 18.0 Å². The van der Waals surface area contributed by atoms with Crippen LogP contribution in [0.3, 0.4) is 0 Å². The van der Waals surface area contributed by atoms with Crippen molar-refractivity contribution in [3.8, 4) is 0 Å². The number of rotatable bonds is 4. The molecule has 2 rings (SSSR count). The first kappa shape index (κ1) is 16.3. The summed E-state index contributed by atoms with van der Waals surface area (Å²) in [5.74, 6) is -1.03. The van der Waals surface area contributed by atoms with Crippen molar-refractivity contribution in [1.29, 1.82) is 0 Å². The van der Waals surface area contributed by atoms with Gasteiger partial charge >= 0.3 is 6.18 Å². The minimum Gasteiger partial charge on any atom is -0.348 e. The lowest BCUT2D eigenvalue weighted by atomic mass is 9.97. The summed E-state index contributed by atoms with van der Waals surface area (Å²) in [6, 6.07) is 0. The Kier molecular flexibility index (Phi) is 4.91. The summed E-state index contributed by atoms with van der Waals surface area (Å²) < 4.78 is 38.0. The first-order valence-electron chi connectivity index (χ1n) is 7.14. The maximum absolute atomic E-state index is 12.7. The van der Waals surface area contributed by atoms with Gasteiger partial charge in [-0.25, -0.2) is 4.98 Å². The van der Waals surface area contributed by atoms with E-state index >= 15 is 0 Å². The molecule has 3 nitrogen and oxygen atoms in total. The topological polar surface area (TPSA) is 33.2 Å². The van der Waals surface area contributed by atoms with Crippen molar-refractivity contribution < 1.29 is 18.0 Å². The van der Waals surface area contributed by atoms with Crippen LogP contribution in [0.5, 0.6) is 0 Å². The summed E-state index contributed by atoms with van der Waals surface area (Å²) in [5.41, 5.74) is 0.769. The number of halogens is 3. The van der Waals surface area contributed by atoms with Crippen LogP contribution in [-0.4, -0.2) is 30.5 Å². The second-order valence-corrected chi connectivity index (χ2v) is 6.49. The molecule has 2 heterocycles. The van der Waals surface area contributed by atoms with E-state index in [1.165, 1.54) is 11.3 Å². The van der Waals surface area contributed by atoms with Crippen molar-refractivity contribution in [3.63, 3.8) is 0 Å². The number of aromatic nitrogens is 1. The zero-order valence-corrected chi connectivity index (χ0v) is 12.9. The summed E-state index contributed by atoms with van der Waals surface area (Å²) >= 11 is 1.28. The highest BCUT2D eigenvalue weighted by Crippen LogP contribution is 2.37. The first-order valence-corrected chi connectivity index (χ1v) is 7.96. The van der Waals surface area contributed by atoms with Crippen molar-refractivity contribution >= 4 is 22.8 Å². The number of aldehydes is 1. The van der Waals surface area contributed by atoms with Crippen LogP contribution in [0, 0.1) is 5.92 Å². The zero-order chi connectivity index (χ0) is 15.6. The Labute approximate surface area is 126 Å². The molecular weight excluding hydrogens is 301 g/mol. The van der Waals surface area contributed by atoms with Crippen LogP contribution in [0.2, 0.25) is 0 Å². The van der Waals surface area contributed by atoms with Gasteiger partial charge in [-0.15, -0.1) is 0 Å². The van der Waals surface area contributed by atoms with Gasteiger partial charge in [0.2, 0.25) is 0 Å². The molecular formula is C14H19F3N2OS. The molecule has 0 aromatic carbocycles. The third kappa shape index (κ3) is 3.56. The van der Waals surface area contributed by atoms with E-state index < -0.39 is 12.1 Å². The highest BCUT2D eigenvalue weighted by atomic mass is 32.1. The third-order valence-electron chi connectivity index (χ3n) is 4.08. The standard InChI is InChI=1S/C14H19F3N2OS/c1-3-9(2)12-11(8-20)21-13(18-12)19-6-4-10(5-7-19)14(15,16)17/h8-10H,3-7H2,1-2H3. The Morgan fingerprint density at radius 3 is 2.52 bits per heavy atom. The van der Waals surface area contributed by atoms with Crippen molar-refractivity contribution in [2.45, 2.75) is 45.2 Å². The van der Waals surface area contributed by atoms with Gasteiger partial charge in [0, 0.05) is 13.1 Å². The smallest absolute Gasteiger partial charge is 0.348 e. The fourth-order valence-electron chi connectivity index (χ4n) is 2.50. The van der Waals surface area contributed by atoms with E-state index in [1.807, 2.05) is 18.7 Å². The van der Waals surface area contributed by atoms with Gasteiger partial charge in [-0.3, -0.25) is 4.79 Å².